The van der Waals surface area contributed by atoms with Gasteiger partial charge in [0.05, 0.1) is 11.6 Å². The van der Waals surface area contributed by atoms with Crippen LogP contribution in [0, 0.1) is 0 Å². The molecule has 2 aliphatic rings. The maximum Gasteiger partial charge on any atom is 0.416 e. The lowest BCUT2D eigenvalue weighted by atomic mass is 10.0. The summed E-state index contributed by atoms with van der Waals surface area (Å²) in [6, 6.07) is 18.5. The van der Waals surface area contributed by atoms with E-state index >= 15 is 0 Å². The molecule has 3 aromatic rings. The molecule has 0 N–H and O–H groups in total. The number of carbonyl (C=O) groups is 1. The van der Waals surface area contributed by atoms with Crippen LogP contribution in [0.15, 0.2) is 72.8 Å². The van der Waals surface area contributed by atoms with Crippen LogP contribution < -0.4 is 9.64 Å². The predicted octanol–water partition coefficient (Wildman–Crippen LogP) is 7.62. The van der Waals surface area contributed by atoms with E-state index in [0.29, 0.717) is 40.9 Å². The van der Waals surface area contributed by atoms with Gasteiger partial charge in [0.15, 0.2) is 0 Å². The number of benzene rings is 3. The second-order valence-electron chi connectivity index (χ2n) is 9.69. The molecule has 200 valence electrons. The molecule has 38 heavy (non-hydrogen) atoms. The molecular weight excluding hydrogens is 515 g/mol. The van der Waals surface area contributed by atoms with Gasteiger partial charge in [-0.3, -0.25) is 4.90 Å². The van der Waals surface area contributed by atoms with Gasteiger partial charge in [-0.1, -0.05) is 30.2 Å². The molecule has 2 amide bonds. The number of ether oxygens (including phenoxy) is 1. The standard InChI is InChI=1S/C29H29ClF3N3O2/c30-23-7-11-25(12-8-23)38-26-13-9-24(10-14-26)36-27(21-5-4-6-22(19-21)29(31,32)33)20-35(28(36)37)18-17-34-15-2-1-3-16-34/h4-14,19,27H,1-3,15-18,20H2. The highest BCUT2D eigenvalue weighted by Gasteiger charge is 2.40. The van der Waals surface area contributed by atoms with E-state index in [4.69, 9.17) is 16.3 Å². The number of halogens is 4. The smallest absolute Gasteiger partial charge is 0.416 e. The Morgan fingerprint density at radius 2 is 1.53 bits per heavy atom. The number of piperidine rings is 1. The molecule has 5 nitrogen and oxygen atoms in total. The van der Waals surface area contributed by atoms with Crippen LogP contribution in [-0.4, -0.2) is 48.6 Å². The minimum Gasteiger partial charge on any atom is -0.457 e. The predicted molar refractivity (Wildman–Crippen MR) is 142 cm³/mol. The fourth-order valence-electron chi connectivity index (χ4n) is 5.07. The van der Waals surface area contributed by atoms with Gasteiger partial charge in [-0.25, -0.2) is 4.79 Å². The van der Waals surface area contributed by atoms with Crippen molar-refractivity contribution in [1.82, 2.24) is 9.80 Å². The van der Waals surface area contributed by atoms with Crippen molar-refractivity contribution in [2.45, 2.75) is 31.5 Å². The summed E-state index contributed by atoms with van der Waals surface area (Å²) in [6.45, 7) is 3.62. The quantitative estimate of drug-likeness (QED) is 0.307. The number of urea groups is 1. The average Bonchev–Trinajstić information content (AvgIpc) is 3.25. The summed E-state index contributed by atoms with van der Waals surface area (Å²) in [5.41, 5.74) is 0.331. The van der Waals surface area contributed by atoms with E-state index in [2.05, 4.69) is 4.90 Å². The third-order valence-corrected chi connectivity index (χ3v) is 7.33. The van der Waals surface area contributed by atoms with Crippen molar-refractivity contribution >= 4 is 23.3 Å². The lowest BCUT2D eigenvalue weighted by molar-refractivity contribution is -0.137. The van der Waals surface area contributed by atoms with Crippen molar-refractivity contribution in [2.75, 3.05) is 37.6 Å². The molecule has 1 unspecified atom stereocenters. The maximum atomic E-state index is 13.6. The topological polar surface area (TPSA) is 36.0 Å². The fourth-order valence-corrected chi connectivity index (χ4v) is 5.19. The Morgan fingerprint density at radius 1 is 0.868 bits per heavy atom. The van der Waals surface area contributed by atoms with E-state index in [1.807, 2.05) is 0 Å². The van der Waals surface area contributed by atoms with E-state index in [1.54, 1.807) is 64.4 Å². The van der Waals surface area contributed by atoms with Gasteiger partial charge in [0, 0.05) is 30.3 Å². The van der Waals surface area contributed by atoms with Gasteiger partial charge in [-0.2, -0.15) is 13.2 Å². The summed E-state index contributed by atoms with van der Waals surface area (Å²) < 4.78 is 46.3. The summed E-state index contributed by atoms with van der Waals surface area (Å²) >= 11 is 5.94. The molecule has 0 radical (unpaired) electrons. The van der Waals surface area contributed by atoms with Crippen molar-refractivity contribution in [3.63, 3.8) is 0 Å². The first-order valence-electron chi connectivity index (χ1n) is 12.8. The summed E-state index contributed by atoms with van der Waals surface area (Å²) in [7, 11) is 0. The molecule has 0 bridgehead atoms. The highest BCUT2D eigenvalue weighted by Crippen LogP contribution is 2.38. The SMILES string of the molecule is O=C1N(CCN2CCCCC2)CC(c2cccc(C(F)(F)F)c2)N1c1ccc(Oc2ccc(Cl)cc2)cc1. The van der Waals surface area contributed by atoms with Crippen molar-refractivity contribution in [3.8, 4) is 11.5 Å². The Bertz CT molecular complexity index is 1250. The molecule has 2 fully saturated rings. The number of anilines is 1. The van der Waals surface area contributed by atoms with E-state index in [1.165, 1.54) is 12.5 Å². The third kappa shape index (κ3) is 6.08. The summed E-state index contributed by atoms with van der Waals surface area (Å²) in [4.78, 5) is 19.3. The minimum absolute atomic E-state index is 0.212. The van der Waals surface area contributed by atoms with Gasteiger partial charge < -0.3 is 14.5 Å². The highest BCUT2D eigenvalue weighted by molar-refractivity contribution is 6.30. The van der Waals surface area contributed by atoms with Gasteiger partial charge in [-0.05, 0) is 92.2 Å². The Kier molecular flexibility index (Phi) is 7.81. The number of amides is 2. The van der Waals surface area contributed by atoms with Crippen LogP contribution in [-0.2, 0) is 6.18 Å². The van der Waals surface area contributed by atoms with Crippen LogP contribution >= 0.6 is 11.6 Å². The van der Waals surface area contributed by atoms with Crippen molar-refractivity contribution < 1.29 is 22.7 Å². The van der Waals surface area contributed by atoms with E-state index in [0.717, 1.165) is 44.6 Å². The van der Waals surface area contributed by atoms with Crippen LogP contribution in [0.1, 0.15) is 36.4 Å². The van der Waals surface area contributed by atoms with Crippen LogP contribution in [0.2, 0.25) is 5.02 Å². The van der Waals surface area contributed by atoms with Gasteiger partial charge in [-0.15, -0.1) is 0 Å². The number of hydrogen-bond donors (Lipinski definition) is 0. The molecule has 3 aromatic carbocycles. The van der Waals surface area contributed by atoms with E-state index < -0.39 is 17.8 Å². The zero-order valence-electron chi connectivity index (χ0n) is 20.8. The molecule has 2 saturated heterocycles. The number of alkyl halides is 3. The minimum atomic E-state index is -4.46. The normalized spacial score (nSPS) is 18.7. The molecule has 0 aromatic heterocycles. The molecule has 0 aliphatic carbocycles. The monoisotopic (exact) mass is 543 g/mol. The highest BCUT2D eigenvalue weighted by atomic mass is 35.5. The number of hydrogen-bond acceptors (Lipinski definition) is 3. The number of nitrogens with zero attached hydrogens (tertiary/aromatic N) is 3. The zero-order valence-corrected chi connectivity index (χ0v) is 21.6. The number of likely N-dealkylation sites (tertiary alicyclic amines) is 1. The molecule has 9 heteroatoms. The average molecular weight is 544 g/mol. The van der Waals surface area contributed by atoms with Crippen molar-refractivity contribution in [3.05, 3.63) is 88.9 Å². The van der Waals surface area contributed by atoms with Gasteiger partial charge in [0.2, 0.25) is 0 Å². The molecule has 1 atom stereocenters. The molecule has 2 aliphatic heterocycles. The second kappa shape index (κ2) is 11.3. The van der Waals surface area contributed by atoms with Crippen molar-refractivity contribution in [1.29, 1.82) is 0 Å². The van der Waals surface area contributed by atoms with E-state index in [-0.39, 0.29) is 6.03 Å². The first-order chi connectivity index (χ1) is 18.3. The number of rotatable bonds is 7. The second-order valence-corrected chi connectivity index (χ2v) is 10.1. The van der Waals surface area contributed by atoms with Crippen LogP contribution in [0.4, 0.5) is 23.7 Å². The Morgan fingerprint density at radius 3 is 2.18 bits per heavy atom. The first-order valence-corrected chi connectivity index (χ1v) is 13.2. The maximum absolute atomic E-state index is 13.6. The number of carbonyl (C=O) groups excluding carboxylic acids is 1. The van der Waals surface area contributed by atoms with Gasteiger partial charge in [0.25, 0.3) is 0 Å². The Hall–Kier alpha value is -3.23. The summed E-state index contributed by atoms with van der Waals surface area (Å²) in [5.74, 6) is 1.19. The lowest BCUT2D eigenvalue weighted by Crippen LogP contribution is -2.39. The Balaban J connectivity index is 1.39. The summed E-state index contributed by atoms with van der Waals surface area (Å²) in [5, 5.41) is 0.603. The fraction of sp³-hybridized carbons (Fsp3) is 0.345. The largest absolute Gasteiger partial charge is 0.457 e. The lowest BCUT2D eigenvalue weighted by Gasteiger charge is -2.28. The zero-order chi connectivity index (χ0) is 26.7. The summed E-state index contributed by atoms with van der Waals surface area (Å²) in [6.07, 6.45) is -0.935. The molecule has 2 heterocycles. The van der Waals surface area contributed by atoms with Crippen LogP contribution in [0.25, 0.3) is 0 Å². The molecule has 0 spiro atoms. The molecular formula is C29H29ClF3N3O2. The van der Waals surface area contributed by atoms with Gasteiger partial charge >= 0.3 is 12.2 Å². The first kappa shape index (κ1) is 26.4. The van der Waals surface area contributed by atoms with Gasteiger partial charge in [0.1, 0.15) is 11.5 Å². The molecule has 0 saturated carbocycles. The molecule has 5 rings (SSSR count). The van der Waals surface area contributed by atoms with Crippen LogP contribution in [0.5, 0.6) is 11.5 Å². The van der Waals surface area contributed by atoms with Crippen molar-refractivity contribution in [2.24, 2.45) is 0 Å². The Labute approximate surface area is 225 Å². The third-order valence-electron chi connectivity index (χ3n) is 7.08. The van der Waals surface area contributed by atoms with Crippen LogP contribution in [0.3, 0.4) is 0 Å². The van der Waals surface area contributed by atoms with E-state index in [9.17, 15) is 18.0 Å².